The lowest BCUT2D eigenvalue weighted by Gasteiger charge is -2.11. The number of para-hydroxylation sites is 1. The SMILES string of the molecule is CCOC(=O)Cc1ccccc1OCc1c(C(F)F)oc2ccc(Br)cc12. The second-order valence-electron chi connectivity index (χ2n) is 5.76. The van der Waals surface area contributed by atoms with Crippen LogP contribution in [0.4, 0.5) is 8.78 Å². The van der Waals surface area contributed by atoms with Gasteiger partial charge in [-0.05, 0) is 31.2 Å². The summed E-state index contributed by atoms with van der Waals surface area (Å²) in [4.78, 5) is 11.8. The lowest BCUT2D eigenvalue weighted by molar-refractivity contribution is -0.142. The van der Waals surface area contributed by atoms with Gasteiger partial charge >= 0.3 is 5.97 Å². The van der Waals surface area contributed by atoms with Crippen LogP contribution in [0.15, 0.2) is 51.4 Å². The minimum Gasteiger partial charge on any atom is -0.488 e. The normalized spacial score (nSPS) is 11.1. The van der Waals surface area contributed by atoms with Crippen LogP contribution in [0.25, 0.3) is 11.0 Å². The minimum atomic E-state index is -2.76. The van der Waals surface area contributed by atoms with Crippen LogP contribution in [0.1, 0.15) is 30.2 Å². The Balaban J connectivity index is 1.88. The first-order valence-electron chi connectivity index (χ1n) is 8.35. The van der Waals surface area contributed by atoms with E-state index in [1.807, 2.05) is 0 Å². The number of alkyl halides is 2. The molecule has 0 saturated heterocycles. The Kier molecular flexibility index (Phi) is 6.11. The van der Waals surface area contributed by atoms with Crippen molar-refractivity contribution in [2.24, 2.45) is 0 Å². The highest BCUT2D eigenvalue weighted by atomic mass is 79.9. The number of halogens is 3. The van der Waals surface area contributed by atoms with E-state index in [1.54, 1.807) is 49.4 Å². The van der Waals surface area contributed by atoms with Crippen LogP contribution < -0.4 is 4.74 Å². The van der Waals surface area contributed by atoms with Gasteiger partial charge in [0, 0.05) is 21.0 Å². The Morgan fingerprint density at radius 3 is 2.74 bits per heavy atom. The molecule has 0 fully saturated rings. The molecule has 7 heteroatoms. The van der Waals surface area contributed by atoms with E-state index < -0.39 is 12.2 Å². The number of esters is 1. The van der Waals surface area contributed by atoms with E-state index in [0.717, 1.165) is 4.47 Å². The third-order valence-electron chi connectivity index (χ3n) is 3.97. The van der Waals surface area contributed by atoms with Gasteiger partial charge in [0.25, 0.3) is 6.43 Å². The standard InChI is InChI=1S/C20H17BrF2O4/c1-2-25-18(24)9-12-5-3-4-6-16(12)26-11-15-14-10-13(21)7-8-17(14)27-19(15)20(22)23/h3-8,10,20H,2,9,11H2,1H3. The fourth-order valence-corrected chi connectivity index (χ4v) is 3.13. The van der Waals surface area contributed by atoms with Gasteiger partial charge in [0.05, 0.1) is 13.0 Å². The zero-order valence-corrected chi connectivity index (χ0v) is 16.1. The first kappa shape index (κ1) is 19.4. The Bertz CT molecular complexity index is 952. The largest absolute Gasteiger partial charge is 0.488 e. The number of rotatable bonds is 7. The quantitative estimate of drug-likeness (QED) is 0.436. The number of fused-ring (bicyclic) bond motifs is 1. The molecule has 3 aromatic rings. The molecule has 0 unspecified atom stereocenters. The molecule has 0 aliphatic rings. The monoisotopic (exact) mass is 438 g/mol. The van der Waals surface area contributed by atoms with Gasteiger partial charge in [0.15, 0.2) is 5.76 Å². The molecule has 27 heavy (non-hydrogen) atoms. The van der Waals surface area contributed by atoms with Crippen LogP contribution in [0.5, 0.6) is 5.75 Å². The van der Waals surface area contributed by atoms with Gasteiger partial charge in [0.1, 0.15) is 17.9 Å². The zero-order valence-electron chi connectivity index (χ0n) is 14.5. The van der Waals surface area contributed by atoms with Crippen molar-refractivity contribution in [3.05, 3.63) is 63.8 Å². The number of ether oxygens (including phenoxy) is 2. The second-order valence-corrected chi connectivity index (χ2v) is 6.68. The topological polar surface area (TPSA) is 48.7 Å². The van der Waals surface area contributed by atoms with Gasteiger partial charge in [-0.1, -0.05) is 34.1 Å². The van der Waals surface area contributed by atoms with E-state index in [2.05, 4.69) is 15.9 Å². The van der Waals surface area contributed by atoms with Crippen molar-refractivity contribution < 1.29 is 27.5 Å². The second kappa shape index (κ2) is 8.52. The van der Waals surface area contributed by atoms with E-state index in [0.29, 0.717) is 22.3 Å². The van der Waals surface area contributed by atoms with Crippen LogP contribution in [0, 0.1) is 0 Å². The number of hydrogen-bond donors (Lipinski definition) is 0. The zero-order chi connectivity index (χ0) is 19.4. The molecule has 0 N–H and O–H groups in total. The maximum atomic E-state index is 13.4. The lowest BCUT2D eigenvalue weighted by Crippen LogP contribution is -2.09. The molecule has 1 aromatic heterocycles. The van der Waals surface area contributed by atoms with Gasteiger partial charge in [-0.15, -0.1) is 0 Å². The van der Waals surface area contributed by atoms with E-state index in [-0.39, 0.29) is 31.2 Å². The van der Waals surface area contributed by atoms with E-state index in [9.17, 15) is 13.6 Å². The van der Waals surface area contributed by atoms with Crippen LogP contribution >= 0.6 is 15.9 Å². The highest BCUT2D eigenvalue weighted by Crippen LogP contribution is 2.35. The van der Waals surface area contributed by atoms with Crippen LogP contribution in [0.3, 0.4) is 0 Å². The van der Waals surface area contributed by atoms with Gasteiger partial charge in [-0.3, -0.25) is 4.79 Å². The summed E-state index contributed by atoms with van der Waals surface area (Å²) < 4.78 is 43.6. The lowest BCUT2D eigenvalue weighted by atomic mass is 10.1. The van der Waals surface area contributed by atoms with Crippen molar-refractivity contribution in [3.63, 3.8) is 0 Å². The fourth-order valence-electron chi connectivity index (χ4n) is 2.77. The Morgan fingerprint density at radius 1 is 1.22 bits per heavy atom. The minimum absolute atomic E-state index is 0.0450. The molecule has 0 spiro atoms. The third-order valence-corrected chi connectivity index (χ3v) is 4.46. The molecular weight excluding hydrogens is 422 g/mol. The number of carbonyl (C=O) groups excluding carboxylic acids is 1. The Hall–Kier alpha value is -2.41. The van der Waals surface area contributed by atoms with Crippen molar-refractivity contribution in [1.29, 1.82) is 0 Å². The molecule has 0 bridgehead atoms. The number of hydrogen-bond acceptors (Lipinski definition) is 4. The molecule has 0 radical (unpaired) electrons. The van der Waals surface area contributed by atoms with E-state index in [1.165, 1.54) is 0 Å². The average Bonchev–Trinajstić information content (AvgIpc) is 2.99. The summed E-state index contributed by atoms with van der Waals surface area (Å²) in [6.07, 6.45) is -2.71. The molecule has 0 aliphatic heterocycles. The molecule has 0 saturated carbocycles. The molecule has 0 aliphatic carbocycles. The first-order chi connectivity index (χ1) is 13.0. The smallest absolute Gasteiger partial charge is 0.310 e. The summed E-state index contributed by atoms with van der Waals surface area (Å²) >= 11 is 3.34. The van der Waals surface area contributed by atoms with Gasteiger partial charge in [-0.2, -0.15) is 0 Å². The predicted octanol–water partition coefficient (Wildman–Crippen LogP) is 5.82. The highest BCUT2D eigenvalue weighted by Gasteiger charge is 2.23. The third kappa shape index (κ3) is 4.47. The number of furan rings is 1. The molecule has 0 atom stereocenters. The summed E-state index contributed by atoms with van der Waals surface area (Å²) in [6, 6.07) is 12.0. The summed E-state index contributed by atoms with van der Waals surface area (Å²) in [5.41, 5.74) is 1.28. The summed E-state index contributed by atoms with van der Waals surface area (Å²) in [5, 5.41) is 0.558. The van der Waals surface area contributed by atoms with Gasteiger partial charge < -0.3 is 13.9 Å². The van der Waals surface area contributed by atoms with Crippen molar-refractivity contribution in [2.45, 2.75) is 26.4 Å². The van der Waals surface area contributed by atoms with Crippen molar-refractivity contribution in [2.75, 3.05) is 6.61 Å². The summed E-state index contributed by atoms with van der Waals surface area (Å²) in [5.74, 6) is -0.347. The van der Waals surface area contributed by atoms with Gasteiger partial charge in [-0.25, -0.2) is 8.78 Å². The summed E-state index contributed by atoms with van der Waals surface area (Å²) in [6.45, 7) is 1.91. The van der Waals surface area contributed by atoms with Crippen molar-refractivity contribution in [1.82, 2.24) is 0 Å². The molecule has 0 amide bonds. The van der Waals surface area contributed by atoms with Crippen LogP contribution in [-0.4, -0.2) is 12.6 Å². The maximum absolute atomic E-state index is 13.4. The Labute approximate surface area is 163 Å². The highest BCUT2D eigenvalue weighted by molar-refractivity contribution is 9.10. The molecule has 142 valence electrons. The Morgan fingerprint density at radius 2 is 2.00 bits per heavy atom. The van der Waals surface area contributed by atoms with Gasteiger partial charge in [0.2, 0.25) is 0 Å². The van der Waals surface area contributed by atoms with Crippen LogP contribution in [0.2, 0.25) is 0 Å². The van der Waals surface area contributed by atoms with Crippen molar-refractivity contribution in [3.8, 4) is 5.75 Å². The van der Waals surface area contributed by atoms with E-state index in [4.69, 9.17) is 13.9 Å². The van der Waals surface area contributed by atoms with Crippen LogP contribution in [-0.2, 0) is 22.6 Å². The predicted molar refractivity (Wildman–Crippen MR) is 100.0 cm³/mol. The maximum Gasteiger partial charge on any atom is 0.310 e. The molecular formula is C20H17BrF2O4. The fraction of sp³-hybridized carbons (Fsp3) is 0.250. The van der Waals surface area contributed by atoms with Crippen molar-refractivity contribution >= 4 is 32.9 Å². The molecule has 1 heterocycles. The summed E-state index contributed by atoms with van der Waals surface area (Å²) in [7, 11) is 0. The average molecular weight is 439 g/mol. The number of carbonyl (C=O) groups is 1. The first-order valence-corrected chi connectivity index (χ1v) is 9.14. The number of benzene rings is 2. The van der Waals surface area contributed by atoms with E-state index >= 15 is 0 Å². The molecule has 4 nitrogen and oxygen atoms in total. The molecule has 2 aromatic carbocycles. The molecule has 3 rings (SSSR count).